The van der Waals surface area contributed by atoms with Crippen LogP contribution in [0.2, 0.25) is 13.1 Å². The summed E-state index contributed by atoms with van der Waals surface area (Å²) in [5.41, 5.74) is -0.206. The summed E-state index contributed by atoms with van der Waals surface area (Å²) in [6.07, 6.45) is 0.190. The minimum atomic E-state index is -1.41. The molecule has 0 aliphatic rings. The van der Waals surface area contributed by atoms with Crippen LogP contribution in [0, 0.1) is 17.3 Å². The van der Waals surface area contributed by atoms with Gasteiger partial charge in [0.15, 0.2) is 0 Å². The van der Waals surface area contributed by atoms with Crippen LogP contribution in [-0.2, 0) is 23.8 Å². The predicted molar refractivity (Wildman–Crippen MR) is 74.8 cm³/mol. The van der Waals surface area contributed by atoms with Gasteiger partial charge < -0.3 is 9.62 Å². The number of methoxy groups -OCH3 is 1. The highest BCUT2D eigenvalue weighted by molar-refractivity contribution is 6.48. The fourth-order valence-electron chi connectivity index (χ4n) is 1.88. The Labute approximate surface area is 117 Å². The molecule has 0 aliphatic heterocycles. The Morgan fingerprint density at radius 1 is 1.21 bits per heavy atom. The molecule has 0 aliphatic carbocycles. The maximum Gasteiger partial charge on any atom is 0.343 e. The van der Waals surface area contributed by atoms with Crippen LogP contribution in [0.1, 0.15) is 34.1 Å². The zero-order valence-electron chi connectivity index (χ0n) is 13.0. The summed E-state index contributed by atoms with van der Waals surface area (Å²) in [4.78, 5) is 28.2. The third kappa shape index (κ3) is 6.73. The third-order valence-corrected chi connectivity index (χ3v) is 3.51. The standard InChI is InChI=1S/C13H26O5Si/c1-9(12(15)17-18-19(6)7)10(13(2,3)4)8-11(14)16-5/h9-10,19H,8H2,1-7H3. The van der Waals surface area contributed by atoms with Crippen LogP contribution < -0.4 is 0 Å². The summed E-state index contributed by atoms with van der Waals surface area (Å²) >= 11 is 0. The molecule has 0 aromatic rings. The van der Waals surface area contributed by atoms with Crippen LogP contribution in [0.5, 0.6) is 0 Å². The Hall–Kier alpha value is -0.883. The van der Waals surface area contributed by atoms with Crippen molar-refractivity contribution >= 4 is 21.0 Å². The molecule has 2 atom stereocenters. The smallest absolute Gasteiger partial charge is 0.343 e. The van der Waals surface area contributed by atoms with Gasteiger partial charge in [0.05, 0.1) is 13.0 Å². The number of carbonyl (C=O) groups excluding carboxylic acids is 2. The van der Waals surface area contributed by atoms with Crippen LogP contribution in [-0.4, -0.2) is 28.1 Å². The van der Waals surface area contributed by atoms with E-state index in [0.29, 0.717) is 0 Å². The van der Waals surface area contributed by atoms with Gasteiger partial charge in [-0.15, -0.1) is 0 Å². The molecule has 0 saturated heterocycles. The highest BCUT2D eigenvalue weighted by atomic mass is 28.3. The quantitative estimate of drug-likeness (QED) is 0.325. The number of hydrogen-bond donors (Lipinski definition) is 0. The second kappa shape index (κ2) is 7.64. The summed E-state index contributed by atoms with van der Waals surface area (Å²) in [6.45, 7) is 11.5. The minimum Gasteiger partial charge on any atom is -0.469 e. The lowest BCUT2D eigenvalue weighted by Crippen LogP contribution is -2.35. The average Bonchev–Trinajstić information content (AvgIpc) is 2.30. The van der Waals surface area contributed by atoms with Crippen molar-refractivity contribution in [3.63, 3.8) is 0 Å². The zero-order valence-corrected chi connectivity index (χ0v) is 14.1. The van der Waals surface area contributed by atoms with E-state index in [1.54, 1.807) is 6.92 Å². The predicted octanol–water partition coefficient (Wildman–Crippen LogP) is 2.31. The fraction of sp³-hybridized carbons (Fsp3) is 0.846. The number of carbonyl (C=O) groups is 2. The van der Waals surface area contributed by atoms with E-state index in [1.165, 1.54) is 7.11 Å². The molecule has 2 unspecified atom stereocenters. The van der Waals surface area contributed by atoms with E-state index in [1.807, 2.05) is 33.9 Å². The lowest BCUT2D eigenvalue weighted by atomic mass is 9.72. The number of ether oxygens (including phenoxy) is 1. The molecule has 0 rings (SSSR count). The van der Waals surface area contributed by atoms with Gasteiger partial charge >= 0.3 is 11.9 Å². The van der Waals surface area contributed by atoms with E-state index < -0.39 is 20.9 Å². The fourth-order valence-corrected chi connectivity index (χ4v) is 2.17. The molecule has 0 aromatic carbocycles. The summed E-state index contributed by atoms with van der Waals surface area (Å²) in [6, 6.07) is 0. The molecular weight excluding hydrogens is 264 g/mol. The average molecular weight is 290 g/mol. The maximum atomic E-state index is 11.9. The van der Waals surface area contributed by atoms with E-state index in [4.69, 9.17) is 9.46 Å². The van der Waals surface area contributed by atoms with Crippen molar-refractivity contribution in [3.8, 4) is 0 Å². The molecule has 0 aromatic heterocycles. The Kier molecular flexibility index (Phi) is 7.29. The molecule has 112 valence electrons. The molecule has 0 radical (unpaired) electrons. The molecule has 0 bridgehead atoms. The first-order chi connectivity index (χ1) is 8.59. The van der Waals surface area contributed by atoms with Gasteiger partial charge in [-0.1, -0.05) is 27.7 Å². The monoisotopic (exact) mass is 290 g/mol. The zero-order chi connectivity index (χ0) is 15.2. The summed E-state index contributed by atoms with van der Waals surface area (Å²) in [7, 11) is -0.0649. The largest absolute Gasteiger partial charge is 0.469 e. The summed E-state index contributed by atoms with van der Waals surface area (Å²) < 4.78 is 9.68. The van der Waals surface area contributed by atoms with Crippen molar-refractivity contribution in [3.05, 3.63) is 0 Å². The normalized spacial score (nSPS) is 14.9. The Morgan fingerprint density at radius 3 is 2.11 bits per heavy atom. The highest BCUT2D eigenvalue weighted by Gasteiger charge is 2.37. The number of esters is 1. The first kappa shape index (κ1) is 18.1. The van der Waals surface area contributed by atoms with E-state index in [-0.39, 0.29) is 23.7 Å². The van der Waals surface area contributed by atoms with Crippen LogP contribution in [0.4, 0.5) is 0 Å². The van der Waals surface area contributed by atoms with Gasteiger partial charge in [-0.3, -0.25) is 4.79 Å². The van der Waals surface area contributed by atoms with Gasteiger partial charge in [-0.05, 0) is 24.4 Å². The van der Waals surface area contributed by atoms with Crippen LogP contribution in [0.3, 0.4) is 0 Å². The van der Waals surface area contributed by atoms with Crippen molar-refractivity contribution in [2.75, 3.05) is 7.11 Å². The number of hydrogen-bond acceptors (Lipinski definition) is 5. The van der Waals surface area contributed by atoms with Crippen molar-refractivity contribution in [1.82, 2.24) is 0 Å². The molecule has 0 heterocycles. The lowest BCUT2D eigenvalue weighted by molar-refractivity contribution is -0.224. The third-order valence-electron chi connectivity index (χ3n) is 3.02. The second-order valence-electron chi connectivity index (χ2n) is 6.09. The molecule has 0 N–H and O–H groups in total. The van der Waals surface area contributed by atoms with Crippen LogP contribution in [0.25, 0.3) is 0 Å². The SMILES string of the molecule is COC(=O)CC(C(C)C(=O)OO[SiH](C)C)C(C)(C)C. The van der Waals surface area contributed by atoms with Crippen molar-refractivity contribution in [1.29, 1.82) is 0 Å². The van der Waals surface area contributed by atoms with Gasteiger partial charge in [0, 0.05) is 6.42 Å². The van der Waals surface area contributed by atoms with Gasteiger partial charge in [-0.2, -0.15) is 0 Å². The molecule has 0 amide bonds. The van der Waals surface area contributed by atoms with E-state index in [0.717, 1.165) is 0 Å². The van der Waals surface area contributed by atoms with Gasteiger partial charge in [0.2, 0.25) is 9.04 Å². The minimum absolute atomic E-state index is 0.162. The first-order valence-electron chi connectivity index (χ1n) is 6.53. The number of rotatable bonds is 6. The molecule has 6 heteroatoms. The van der Waals surface area contributed by atoms with Crippen LogP contribution >= 0.6 is 0 Å². The Morgan fingerprint density at radius 2 is 1.74 bits per heavy atom. The Balaban J connectivity index is 4.76. The van der Waals surface area contributed by atoms with Gasteiger partial charge in [-0.25, -0.2) is 9.37 Å². The van der Waals surface area contributed by atoms with Crippen molar-refractivity contribution in [2.24, 2.45) is 17.3 Å². The van der Waals surface area contributed by atoms with E-state index in [9.17, 15) is 9.59 Å². The molecule has 0 spiro atoms. The van der Waals surface area contributed by atoms with Gasteiger partial charge in [0.25, 0.3) is 0 Å². The van der Waals surface area contributed by atoms with Gasteiger partial charge in [0.1, 0.15) is 0 Å². The summed E-state index contributed by atoms with van der Waals surface area (Å²) in [5, 5.41) is 0. The van der Waals surface area contributed by atoms with Crippen molar-refractivity contribution in [2.45, 2.75) is 47.2 Å². The summed E-state index contributed by atoms with van der Waals surface area (Å²) in [5.74, 6) is -1.33. The molecule has 19 heavy (non-hydrogen) atoms. The second-order valence-corrected chi connectivity index (χ2v) is 8.38. The Bertz CT molecular complexity index is 309. The molecular formula is C13H26O5Si. The van der Waals surface area contributed by atoms with E-state index >= 15 is 0 Å². The molecule has 0 saturated carbocycles. The highest BCUT2D eigenvalue weighted by Crippen LogP contribution is 2.35. The molecule has 0 fully saturated rings. The van der Waals surface area contributed by atoms with E-state index in [2.05, 4.69) is 4.74 Å². The van der Waals surface area contributed by atoms with Crippen molar-refractivity contribution < 1.29 is 23.8 Å². The topological polar surface area (TPSA) is 61.8 Å². The maximum absolute atomic E-state index is 11.9. The van der Waals surface area contributed by atoms with Crippen LogP contribution in [0.15, 0.2) is 0 Å². The first-order valence-corrected chi connectivity index (χ1v) is 9.31. The molecule has 5 nitrogen and oxygen atoms in total. The lowest BCUT2D eigenvalue weighted by Gasteiger charge is -2.33.